The highest BCUT2D eigenvalue weighted by Gasteiger charge is 2.29. The standard InChI is InChI=1S/C18H21N3O6S/c1-13(14-3-2-4-15(22)11-14)19-17-6-5-16(12-18(17)21(23)24)28(25,26)20-7-9-27-10-8-20/h2-6,11-13,19,22H,7-10H2,1H3. The number of sulfonamides is 1. The first-order chi connectivity index (χ1) is 13.3. The van der Waals surface area contributed by atoms with Crippen molar-refractivity contribution >= 4 is 21.4 Å². The van der Waals surface area contributed by atoms with Crippen molar-refractivity contribution in [2.24, 2.45) is 0 Å². The van der Waals surface area contributed by atoms with E-state index in [1.165, 1.54) is 22.5 Å². The molecule has 0 radical (unpaired) electrons. The molecule has 0 aromatic heterocycles. The maximum atomic E-state index is 12.8. The van der Waals surface area contributed by atoms with Crippen LogP contribution in [0.15, 0.2) is 47.4 Å². The van der Waals surface area contributed by atoms with E-state index in [-0.39, 0.29) is 41.2 Å². The molecule has 0 bridgehead atoms. The van der Waals surface area contributed by atoms with Crippen molar-refractivity contribution in [1.29, 1.82) is 0 Å². The molecule has 1 fully saturated rings. The van der Waals surface area contributed by atoms with Gasteiger partial charge in [0.05, 0.1) is 23.0 Å². The van der Waals surface area contributed by atoms with Crippen molar-refractivity contribution in [3.63, 3.8) is 0 Å². The van der Waals surface area contributed by atoms with Gasteiger partial charge in [-0.2, -0.15) is 4.31 Å². The molecule has 0 amide bonds. The lowest BCUT2D eigenvalue weighted by Crippen LogP contribution is -2.40. The summed E-state index contributed by atoms with van der Waals surface area (Å²) in [6, 6.07) is 10.0. The summed E-state index contributed by atoms with van der Waals surface area (Å²) < 4.78 is 31.9. The van der Waals surface area contributed by atoms with Crippen LogP contribution in [0.1, 0.15) is 18.5 Å². The van der Waals surface area contributed by atoms with Crippen molar-refractivity contribution < 1.29 is 23.2 Å². The van der Waals surface area contributed by atoms with Crippen molar-refractivity contribution in [3.8, 4) is 5.75 Å². The van der Waals surface area contributed by atoms with Gasteiger partial charge in [-0.1, -0.05) is 12.1 Å². The lowest BCUT2D eigenvalue weighted by Gasteiger charge is -2.26. The van der Waals surface area contributed by atoms with E-state index in [2.05, 4.69) is 5.32 Å². The third-order valence-corrected chi connectivity index (χ3v) is 6.41. The second kappa shape index (κ2) is 8.13. The summed E-state index contributed by atoms with van der Waals surface area (Å²) in [5, 5.41) is 24.2. The number of hydrogen-bond donors (Lipinski definition) is 2. The largest absolute Gasteiger partial charge is 0.508 e. The Morgan fingerprint density at radius 1 is 1.21 bits per heavy atom. The maximum Gasteiger partial charge on any atom is 0.293 e. The molecule has 9 nitrogen and oxygen atoms in total. The van der Waals surface area contributed by atoms with Crippen LogP contribution in [0.3, 0.4) is 0 Å². The second-order valence-electron chi connectivity index (χ2n) is 6.41. The molecule has 10 heteroatoms. The summed E-state index contributed by atoms with van der Waals surface area (Å²) in [5.41, 5.74) is 0.599. The van der Waals surface area contributed by atoms with Crippen LogP contribution in [0.25, 0.3) is 0 Å². The molecule has 1 saturated heterocycles. The Hall–Kier alpha value is -2.69. The first-order valence-electron chi connectivity index (χ1n) is 8.71. The molecule has 1 atom stereocenters. The lowest BCUT2D eigenvalue weighted by atomic mass is 10.1. The van der Waals surface area contributed by atoms with E-state index in [0.29, 0.717) is 13.2 Å². The van der Waals surface area contributed by atoms with Gasteiger partial charge in [0.1, 0.15) is 11.4 Å². The minimum atomic E-state index is -3.83. The maximum absolute atomic E-state index is 12.8. The number of nitrogens with one attached hydrogen (secondary N) is 1. The predicted octanol–water partition coefficient (Wildman–Crippen LogP) is 2.49. The summed E-state index contributed by atoms with van der Waals surface area (Å²) in [4.78, 5) is 10.8. The Kier molecular flexibility index (Phi) is 5.82. The fraction of sp³-hybridized carbons (Fsp3) is 0.333. The normalized spacial score (nSPS) is 16.5. The SMILES string of the molecule is CC(Nc1ccc(S(=O)(=O)N2CCOCC2)cc1[N+](=O)[O-])c1cccc(O)c1. The second-order valence-corrected chi connectivity index (χ2v) is 8.35. The van der Waals surface area contributed by atoms with E-state index in [4.69, 9.17) is 4.74 Å². The van der Waals surface area contributed by atoms with E-state index in [1.807, 2.05) is 0 Å². The number of anilines is 1. The van der Waals surface area contributed by atoms with E-state index in [0.717, 1.165) is 11.6 Å². The Morgan fingerprint density at radius 2 is 1.93 bits per heavy atom. The molecule has 1 aliphatic heterocycles. The van der Waals surface area contributed by atoms with Crippen LogP contribution >= 0.6 is 0 Å². The van der Waals surface area contributed by atoms with Crippen LogP contribution in [-0.2, 0) is 14.8 Å². The van der Waals surface area contributed by atoms with Crippen molar-refractivity contribution in [2.45, 2.75) is 17.9 Å². The van der Waals surface area contributed by atoms with E-state index >= 15 is 0 Å². The molecule has 0 aliphatic carbocycles. The number of phenols is 1. The summed E-state index contributed by atoms with van der Waals surface area (Å²) in [6.45, 7) is 2.80. The number of nitrogens with zero attached hydrogens (tertiary/aromatic N) is 2. The number of benzene rings is 2. The summed E-state index contributed by atoms with van der Waals surface area (Å²) >= 11 is 0. The first-order valence-corrected chi connectivity index (χ1v) is 10.1. The molecule has 1 aliphatic rings. The molecule has 28 heavy (non-hydrogen) atoms. The highest BCUT2D eigenvalue weighted by atomic mass is 32.2. The van der Waals surface area contributed by atoms with E-state index in [9.17, 15) is 23.6 Å². The summed E-state index contributed by atoms with van der Waals surface area (Å²) in [6.07, 6.45) is 0. The quantitative estimate of drug-likeness (QED) is 0.557. The van der Waals surface area contributed by atoms with Crippen LogP contribution in [0.4, 0.5) is 11.4 Å². The Morgan fingerprint density at radius 3 is 2.57 bits per heavy atom. The number of ether oxygens (including phenoxy) is 1. The highest BCUT2D eigenvalue weighted by Crippen LogP contribution is 2.32. The lowest BCUT2D eigenvalue weighted by molar-refractivity contribution is -0.384. The molecular weight excluding hydrogens is 386 g/mol. The van der Waals surface area contributed by atoms with Crippen LogP contribution in [0, 0.1) is 10.1 Å². The molecule has 0 spiro atoms. The van der Waals surface area contributed by atoms with Gasteiger partial charge in [-0.05, 0) is 36.8 Å². The van der Waals surface area contributed by atoms with Crippen molar-refractivity contribution in [3.05, 3.63) is 58.1 Å². The number of nitro groups is 1. The van der Waals surface area contributed by atoms with Gasteiger partial charge < -0.3 is 15.2 Å². The molecule has 2 aromatic rings. The average molecular weight is 407 g/mol. The minimum Gasteiger partial charge on any atom is -0.508 e. The Balaban J connectivity index is 1.90. The Bertz CT molecular complexity index is 973. The van der Waals surface area contributed by atoms with Gasteiger partial charge in [0.2, 0.25) is 10.0 Å². The van der Waals surface area contributed by atoms with Gasteiger partial charge in [0, 0.05) is 25.2 Å². The third-order valence-electron chi connectivity index (χ3n) is 4.52. The molecular formula is C18H21N3O6S. The molecule has 1 unspecified atom stereocenters. The Labute approximate surface area is 162 Å². The number of hydrogen-bond acceptors (Lipinski definition) is 7. The van der Waals surface area contributed by atoms with Crippen LogP contribution in [0.5, 0.6) is 5.75 Å². The van der Waals surface area contributed by atoms with E-state index in [1.54, 1.807) is 25.1 Å². The summed E-state index contributed by atoms with van der Waals surface area (Å²) in [5.74, 6) is 0.0904. The van der Waals surface area contributed by atoms with Gasteiger partial charge in [-0.15, -0.1) is 0 Å². The average Bonchev–Trinajstić information content (AvgIpc) is 2.68. The molecule has 2 aromatic carbocycles. The number of nitro benzene ring substituents is 1. The summed E-state index contributed by atoms with van der Waals surface area (Å²) in [7, 11) is -3.83. The van der Waals surface area contributed by atoms with Gasteiger partial charge in [0.15, 0.2) is 0 Å². The topological polar surface area (TPSA) is 122 Å². The van der Waals surface area contributed by atoms with Crippen molar-refractivity contribution in [2.75, 3.05) is 31.6 Å². The zero-order valence-corrected chi connectivity index (χ0v) is 16.1. The fourth-order valence-corrected chi connectivity index (χ4v) is 4.42. The van der Waals surface area contributed by atoms with Gasteiger partial charge in [-0.25, -0.2) is 8.42 Å². The predicted molar refractivity (Wildman–Crippen MR) is 103 cm³/mol. The zero-order chi connectivity index (χ0) is 20.3. The molecule has 3 rings (SSSR count). The smallest absolute Gasteiger partial charge is 0.293 e. The fourth-order valence-electron chi connectivity index (χ4n) is 2.99. The van der Waals surface area contributed by atoms with E-state index < -0.39 is 14.9 Å². The van der Waals surface area contributed by atoms with Crippen LogP contribution in [-0.4, -0.2) is 49.1 Å². The minimum absolute atomic E-state index is 0.0904. The number of rotatable bonds is 6. The first kappa shape index (κ1) is 20.1. The number of morpholine rings is 1. The monoisotopic (exact) mass is 407 g/mol. The molecule has 150 valence electrons. The number of aromatic hydroxyl groups is 1. The molecule has 1 heterocycles. The van der Waals surface area contributed by atoms with Gasteiger partial charge in [-0.3, -0.25) is 10.1 Å². The third kappa shape index (κ3) is 4.24. The molecule has 2 N–H and O–H groups in total. The van der Waals surface area contributed by atoms with Crippen LogP contribution in [0.2, 0.25) is 0 Å². The number of phenolic OH excluding ortho intramolecular Hbond substituents is 1. The highest BCUT2D eigenvalue weighted by molar-refractivity contribution is 7.89. The van der Waals surface area contributed by atoms with Gasteiger partial charge >= 0.3 is 0 Å². The molecule has 0 saturated carbocycles. The van der Waals surface area contributed by atoms with Crippen molar-refractivity contribution in [1.82, 2.24) is 4.31 Å². The zero-order valence-electron chi connectivity index (χ0n) is 15.2. The van der Waals surface area contributed by atoms with Crippen LogP contribution < -0.4 is 5.32 Å². The van der Waals surface area contributed by atoms with Gasteiger partial charge in [0.25, 0.3) is 5.69 Å².